The molecule has 0 saturated carbocycles. The van der Waals surface area contributed by atoms with Crippen LogP contribution in [0.15, 0.2) is 23.8 Å². The van der Waals surface area contributed by atoms with Crippen molar-refractivity contribution in [3.8, 4) is 0 Å². The topological polar surface area (TPSA) is 9.23 Å². The molecule has 2 aliphatic rings. The van der Waals surface area contributed by atoms with Crippen LogP contribution in [0, 0.1) is 11.3 Å². The molecule has 84 valence electrons. The zero-order valence-electron chi connectivity index (χ0n) is 10.1. The van der Waals surface area contributed by atoms with Gasteiger partial charge in [0, 0.05) is 0 Å². The molecule has 2 unspecified atom stereocenters. The summed E-state index contributed by atoms with van der Waals surface area (Å²) in [5.41, 5.74) is 1.93. The molecule has 0 saturated heterocycles. The predicted molar refractivity (Wildman–Crippen MR) is 63.8 cm³/mol. The molecule has 0 amide bonds. The van der Waals surface area contributed by atoms with Gasteiger partial charge in [-0.25, -0.2) is 0 Å². The second-order valence-corrected chi connectivity index (χ2v) is 5.44. The maximum absolute atomic E-state index is 5.76. The van der Waals surface area contributed by atoms with Gasteiger partial charge in [-0.1, -0.05) is 37.6 Å². The highest BCUT2D eigenvalue weighted by Gasteiger charge is 2.36. The fraction of sp³-hybridized carbons (Fsp3) is 0.714. The molecule has 0 radical (unpaired) electrons. The van der Waals surface area contributed by atoms with Crippen LogP contribution in [0.4, 0.5) is 0 Å². The summed E-state index contributed by atoms with van der Waals surface area (Å²) in [5.74, 6) is 0.772. The van der Waals surface area contributed by atoms with E-state index in [9.17, 15) is 0 Å². The van der Waals surface area contributed by atoms with Crippen molar-refractivity contribution in [1.82, 2.24) is 0 Å². The van der Waals surface area contributed by atoms with Gasteiger partial charge in [0.05, 0.1) is 12.7 Å². The Morgan fingerprint density at radius 3 is 2.67 bits per heavy atom. The third kappa shape index (κ3) is 2.17. The maximum Gasteiger partial charge on any atom is 0.0651 e. The van der Waals surface area contributed by atoms with E-state index in [1.54, 1.807) is 5.57 Å². The lowest BCUT2D eigenvalue weighted by Gasteiger charge is -2.32. The van der Waals surface area contributed by atoms with E-state index in [4.69, 9.17) is 4.74 Å². The third-order valence-corrected chi connectivity index (χ3v) is 4.29. The average Bonchev–Trinajstić information content (AvgIpc) is 2.47. The van der Waals surface area contributed by atoms with E-state index < -0.39 is 0 Å². The van der Waals surface area contributed by atoms with Gasteiger partial charge < -0.3 is 4.74 Å². The molecule has 0 N–H and O–H groups in total. The van der Waals surface area contributed by atoms with Gasteiger partial charge in [0.15, 0.2) is 0 Å². The minimum atomic E-state index is 0.379. The van der Waals surface area contributed by atoms with Crippen LogP contribution >= 0.6 is 0 Å². The Hall–Kier alpha value is -0.560. The van der Waals surface area contributed by atoms with Crippen molar-refractivity contribution in [2.75, 3.05) is 6.61 Å². The van der Waals surface area contributed by atoms with Crippen LogP contribution in [0.1, 0.15) is 40.0 Å². The van der Waals surface area contributed by atoms with Crippen molar-refractivity contribution in [3.05, 3.63) is 23.8 Å². The van der Waals surface area contributed by atoms with Gasteiger partial charge in [0.25, 0.3) is 0 Å². The van der Waals surface area contributed by atoms with E-state index in [0.717, 1.165) is 18.9 Å². The molecule has 1 heteroatoms. The predicted octanol–water partition coefficient (Wildman–Crippen LogP) is 3.71. The van der Waals surface area contributed by atoms with Gasteiger partial charge in [-0.2, -0.15) is 0 Å². The molecule has 0 bridgehead atoms. The highest BCUT2D eigenvalue weighted by Crippen LogP contribution is 2.45. The zero-order chi connectivity index (χ0) is 10.9. The number of allylic oxidation sites excluding steroid dienone is 2. The van der Waals surface area contributed by atoms with Crippen LogP contribution in [0.3, 0.4) is 0 Å². The van der Waals surface area contributed by atoms with Gasteiger partial charge >= 0.3 is 0 Å². The fourth-order valence-corrected chi connectivity index (χ4v) is 2.65. The average molecular weight is 206 g/mol. The lowest BCUT2D eigenvalue weighted by molar-refractivity contribution is 0.0378. The quantitative estimate of drug-likeness (QED) is 0.626. The summed E-state index contributed by atoms with van der Waals surface area (Å²) in [6.45, 7) is 7.82. The molecule has 1 aliphatic heterocycles. The van der Waals surface area contributed by atoms with E-state index in [0.29, 0.717) is 11.5 Å². The lowest BCUT2D eigenvalue weighted by Crippen LogP contribution is -2.27. The number of hydrogen-bond donors (Lipinski definition) is 0. The largest absolute Gasteiger partial charge is 0.374 e. The molecule has 1 heterocycles. The van der Waals surface area contributed by atoms with E-state index in [1.165, 1.54) is 12.8 Å². The number of rotatable bonds is 2. The molecule has 15 heavy (non-hydrogen) atoms. The van der Waals surface area contributed by atoms with E-state index in [-0.39, 0.29) is 0 Å². The van der Waals surface area contributed by atoms with Crippen LogP contribution in [0.25, 0.3) is 0 Å². The fourth-order valence-electron chi connectivity index (χ4n) is 2.65. The highest BCUT2D eigenvalue weighted by atomic mass is 16.5. The second-order valence-electron chi connectivity index (χ2n) is 5.44. The van der Waals surface area contributed by atoms with Crippen LogP contribution in [0.2, 0.25) is 0 Å². The van der Waals surface area contributed by atoms with Gasteiger partial charge in [-0.3, -0.25) is 0 Å². The molecular weight excluding hydrogens is 184 g/mol. The van der Waals surface area contributed by atoms with Crippen LogP contribution in [0.5, 0.6) is 0 Å². The molecule has 1 aliphatic carbocycles. The van der Waals surface area contributed by atoms with Crippen LogP contribution < -0.4 is 0 Å². The number of hydrogen-bond acceptors (Lipinski definition) is 1. The van der Waals surface area contributed by atoms with Crippen LogP contribution in [-0.4, -0.2) is 12.7 Å². The molecule has 0 fully saturated rings. The lowest BCUT2D eigenvalue weighted by atomic mass is 9.75. The minimum absolute atomic E-state index is 0.379. The van der Waals surface area contributed by atoms with Gasteiger partial charge in [-0.05, 0) is 37.5 Å². The van der Waals surface area contributed by atoms with E-state index in [2.05, 4.69) is 39.0 Å². The maximum atomic E-state index is 5.76. The second kappa shape index (κ2) is 4.13. The zero-order valence-corrected chi connectivity index (χ0v) is 10.1. The monoisotopic (exact) mass is 206 g/mol. The Labute approximate surface area is 93.2 Å². The summed E-state index contributed by atoms with van der Waals surface area (Å²) in [4.78, 5) is 0. The summed E-state index contributed by atoms with van der Waals surface area (Å²) in [5, 5.41) is 0. The molecule has 0 spiro atoms. The molecule has 0 aromatic heterocycles. The van der Waals surface area contributed by atoms with E-state index in [1.807, 2.05) is 0 Å². The van der Waals surface area contributed by atoms with Crippen molar-refractivity contribution in [3.63, 3.8) is 0 Å². The molecule has 2 rings (SSSR count). The minimum Gasteiger partial charge on any atom is -0.374 e. The summed E-state index contributed by atoms with van der Waals surface area (Å²) in [6.07, 6.45) is 10.8. The summed E-state index contributed by atoms with van der Waals surface area (Å²) in [6, 6.07) is 0. The Balaban J connectivity index is 1.93. The first-order valence-electron chi connectivity index (χ1n) is 6.04. The van der Waals surface area contributed by atoms with Gasteiger partial charge in [-0.15, -0.1) is 0 Å². The Bertz CT molecular complexity index is 286. The van der Waals surface area contributed by atoms with Crippen molar-refractivity contribution < 1.29 is 4.74 Å². The molecule has 0 aromatic rings. The molecule has 1 nitrogen and oxygen atoms in total. The first-order valence-corrected chi connectivity index (χ1v) is 6.04. The van der Waals surface area contributed by atoms with Crippen molar-refractivity contribution in [2.24, 2.45) is 11.3 Å². The molecule has 2 atom stereocenters. The smallest absolute Gasteiger partial charge is 0.0651 e. The molecular formula is C14H22O. The van der Waals surface area contributed by atoms with Gasteiger partial charge in [0.2, 0.25) is 0 Å². The summed E-state index contributed by atoms with van der Waals surface area (Å²) >= 11 is 0. The summed E-state index contributed by atoms with van der Waals surface area (Å²) in [7, 11) is 0. The SMILES string of the molecule is CC1=CCC(CC2CC=CCO2)C1(C)C. The Kier molecular flexibility index (Phi) is 3.01. The number of ether oxygens (including phenoxy) is 1. The van der Waals surface area contributed by atoms with Crippen molar-refractivity contribution >= 4 is 0 Å². The highest BCUT2D eigenvalue weighted by molar-refractivity contribution is 5.18. The Morgan fingerprint density at radius 2 is 2.13 bits per heavy atom. The van der Waals surface area contributed by atoms with Crippen LogP contribution in [-0.2, 0) is 4.74 Å². The normalized spacial score (nSPS) is 34.2. The van der Waals surface area contributed by atoms with Crippen molar-refractivity contribution in [1.29, 1.82) is 0 Å². The first kappa shape index (κ1) is 10.9. The molecule has 0 aromatic carbocycles. The first-order chi connectivity index (χ1) is 7.10. The summed E-state index contributed by atoms with van der Waals surface area (Å²) < 4.78 is 5.76. The standard InChI is InChI=1S/C14H22O/c1-11-7-8-12(14(11,2)3)10-13-6-4-5-9-15-13/h4-5,7,12-13H,6,8-10H2,1-3H3. The third-order valence-electron chi connectivity index (χ3n) is 4.29. The van der Waals surface area contributed by atoms with Gasteiger partial charge in [0.1, 0.15) is 0 Å². The Morgan fingerprint density at radius 1 is 1.33 bits per heavy atom. The van der Waals surface area contributed by atoms with Crippen molar-refractivity contribution in [2.45, 2.75) is 46.1 Å². The van der Waals surface area contributed by atoms with E-state index >= 15 is 0 Å².